The van der Waals surface area contributed by atoms with Crippen LogP contribution in [0.25, 0.3) is 0 Å². The van der Waals surface area contributed by atoms with Crippen molar-refractivity contribution < 1.29 is 9.90 Å². The summed E-state index contributed by atoms with van der Waals surface area (Å²) in [6.07, 6.45) is 1.43. The number of carbonyl (C=O) groups is 1. The van der Waals surface area contributed by atoms with Gasteiger partial charge in [-0.2, -0.15) is 0 Å². The Hall–Kier alpha value is -0.580. The van der Waals surface area contributed by atoms with Gasteiger partial charge < -0.3 is 5.11 Å². The molecule has 0 radical (unpaired) electrons. The highest BCUT2D eigenvalue weighted by Crippen LogP contribution is 2.27. The molecule has 0 aliphatic carbocycles. The van der Waals surface area contributed by atoms with Crippen LogP contribution in [0.5, 0.6) is 0 Å². The largest absolute Gasteiger partial charge is 0.481 e. The van der Waals surface area contributed by atoms with E-state index in [1.165, 1.54) is 0 Å². The molecule has 1 aliphatic heterocycles. The van der Waals surface area contributed by atoms with Crippen LogP contribution in [-0.2, 0) is 11.3 Å². The van der Waals surface area contributed by atoms with Gasteiger partial charge in [0, 0.05) is 22.1 Å². The first-order valence-corrected chi connectivity index (χ1v) is 7.55. The molecular formula is C14H17BrClNO2. The van der Waals surface area contributed by atoms with E-state index in [0.29, 0.717) is 12.8 Å². The van der Waals surface area contributed by atoms with Crippen molar-refractivity contribution >= 4 is 33.5 Å². The van der Waals surface area contributed by atoms with E-state index < -0.39 is 5.97 Å². The first-order valence-electron chi connectivity index (χ1n) is 6.38. The number of likely N-dealkylation sites (tertiary alicyclic amines) is 1. The number of nitrogens with zero attached hydrogens (tertiary/aromatic N) is 1. The second-order valence-corrected chi connectivity index (χ2v) is 6.44. The van der Waals surface area contributed by atoms with E-state index in [9.17, 15) is 4.79 Å². The van der Waals surface area contributed by atoms with Crippen LogP contribution in [0.2, 0.25) is 5.02 Å². The summed E-state index contributed by atoms with van der Waals surface area (Å²) >= 11 is 9.62. The lowest BCUT2D eigenvalue weighted by atomic mass is 9.91. The van der Waals surface area contributed by atoms with Gasteiger partial charge in [0.1, 0.15) is 0 Å². The molecule has 1 fully saturated rings. The van der Waals surface area contributed by atoms with E-state index in [1.807, 2.05) is 18.2 Å². The molecule has 3 nitrogen and oxygen atoms in total. The van der Waals surface area contributed by atoms with Crippen LogP contribution in [0.3, 0.4) is 0 Å². The average Bonchev–Trinajstić information content (AvgIpc) is 2.34. The van der Waals surface area contributed by atoms with Gasteiger partial charge >= 0.3 is 5.97 Å². The third kappa shape index (κ3) is 3.71. The zero-order chi connectivity index (χ0) is 14.0. The van der Waals surface area contributed by atoms with E-state index >= 15 is 0 Å². The summed E-state index contributed by atoms with van der Waals surface area (Å²) in [6.45, 7) is 3.67. The number of hydrogen-bond donors (Lipinski definition) is 1. The van der Waals surface area contributed by atoms with Crippen molar-refractivity contribution in [3.63, 3.8) is 0 Å². The third-order valence-electron chi connectivity index (χ3n) is 3.75. The molecule has 0 spiro atoms. The second-order valence-electron chi connectivity index (χ2n) is 5.11. The maximum absolute atomic E-state index is 11.0. The Kier molecular flexibility index (Phi) is 4.87. The van der Waals surface area contributed by atoms with Gasteiger partial charge in [0.15, 0.2) is 0 Å². The van der Waals surface area contributed by atoms with Crippen LogP contribution in [0.4, 0.5) is 0 Å². The lowest BCUT2D eigenvalue weighted by Gasteiger charge is -2.36. The van der Waals surface area contributed by atoms with Crippen molar-refractivity contribution in [3.05, 3.63) is 33.3 Å². The van der Waals surface area contributed by atoms with Crippen LogP contribution in [-0.4, -0.2) is 28.6 Å². The minimum Gasteiger partial charge on any atom is -0.481 e. The van der Waals surface area contributed by atoms with Crippen LogP contribution in [0, 0.1) is 5.92 Å². The number of carboxylic acids is 1. The molecule has 0 saturated carbocycles. The fourth-order valence-electron chi connectivity index (χ4n) is 2.55. The van der Waals surface area contributed by atoms with Crippen molar-refractivity contribution in [2.45, 2.75) is 32.4 Å². The van der Waals surface area contributed by atoms with Crippen molar-refractivity contribution in [2.24, 2.45) is 5.92 Å². The molecule has 1 aromatic rings. The van der Waals surface area contributed by atoms with E-state index in [1.54, 1.807) is 0 Å². The predicted octanol–water partition coefficient (Wildman–Crippen LogP) is 3.79. The molecule has 1 N–H and O–H groups in total. The summed E-state index contributed by atoms with van der Waals surface area (Å²) in [5, 5.41) is 9.81. The SMILES string of the molecule is CC1CC(C(=O)O)CCN1Cc1ccc(Br)cc1Cl. The van der Waals surface area contributed by atoms with Gasteiger partial charge in [-0.1, -0.05) is 33.6 Å². The number of piperidine rings is 1. The Morgan fingerprint density at radius 1 is 1.58 bits per heavy atom. The van der Waals surface area contributed by atoms with Crippen molar-refractivity contribution in [2.75, 3.05) is 6.54 Å². The molecule has 1 heterocycles. The molecule has 104 valence electrons. The summed E-state index contributed by atoms with van der Waals surface area (Å²) in [6, 6.07) is 6.17. The zero-order valence-corrected chi connectivity index (χ0v) is 13.1. The number of halogens is 2. The van der Waals surface area contributed by atoms with Crippen LogP contribution < -0.4 is 0 Å². The van der Waals surface area contributed by atoms with E-state index in [2.05, 4.69) is 27.8 Å². The minimum atomic E-state index is -0.673. The molecule has 19 heavy (non-hydrogen) atoms. The van der Waals surface area contributed by atoms with Crippen LogP contribution in [0.1, 0.15) is 25.3 Å². The summed E-state index contributed by atoms with van der Waals surface area (Å²) < 4.78 is 0.971. The fourth-order valence-corrected chi connectivity index (χ4v) is 3.28. The zero-order valence-electron chi connectivity index (χ0n) is 10.8. The molecule has 2 unspecified atom stereocenters. The molecule has 2 atom stereocenters. The van der Waals surface area contributed by atoms with Gasteiger partial charge in [-0.15, -0.1) is 0 Å². The summed E-state index contributed by atoms with van der Waals surface area (Å²) in [4.78, 5) is 13.3. The highest BCUT2D eigenvalue weighted by Gasteiger charge is 2.29. The molecule has 0 bridgehead atoms. The minimum absolute atomic E-state index is 0.202. The second kappa shape index (κ2) is 6.25. The number of aliphatic carboxylic acids is 1. The molecule has 1 aromatic carbocycles. The Morgan fingerprint density at radius 2 is 2.32 bits per heavy atom. The maximum Gasteiger partial charge on any atom is 0.306 e. The average molecular weight is 347 g/mol. The number of carboxylic acid groups (broad SMARTS) is 1. The number of rotatable bonds is 3. The monoisotopic (exact) mass is 345 g/mol. The molecule has 0 amide bonds. The lowest BCUT2D eigenvalue weighted by Crippen LogP contribution is -2.42. The first-order chi connectivity index (χ1) is 8.97. The summed E-state index contributed by atoms with van der Waals surface area (Å²) in [5.74, 6) is -0.875. The topological polar surface area (TPSA) is 40.5 Å². The Bertz CT molecular complexity index is 481. The van der Waals surface area contributed by atoms with Gasteiger partial charge in [0.25, 0.3) is 0 Å². The van der Waals surface area contributed by atoms with E-state index in [4.69, 9.17) is 16.7 Å². The van der Waals surface area contributed by atoms with Gasteiger partial charge in [0.2, 0.25) is 0 Å². The van der Waals surface area contributed by atoms with Gasteiger partial charge in [-0.3, -0.25) is 9.69 Å². The van der Waals surface area contributed by atoms with Gasteiger partial charge in [-0.25, -0.2) is 0 Å². The Balaban J connectivity index is 2.02. The highest BCUT2D eigenvalue weighted by atomic mass is 79.9. The standard InChI is InChI=1S/C14H17BrClNO2/c1-9-6-10(14(18)19)4-5-17(9)8-11-2-3-12(15)7-13(11)16/h2-3,7,9-10H,4-6,8H2,1H3,(H,18,19). The van der Waals surface area contributed by atoms with Crippen molar-refractivity contribution in [1.29, 1.82) is 0 Å². The smallest absolute Gasteiger partial charge is 0.306 e. The van der Waals surface area contributed by atoms with Gasteiger partial charge in [0.05, 0.1) is 5.92 Å². The maximum atomic E-state index is 11.0. The molecule has 5 heteroatoms. The lowest BCUT2D eigenvalue weighted by molar-refractivity contribution is -0.144. The summed E-state index contributed by atoms with van der Waals surface area (Å²) in [5.41, 5.74) is 1.09. The molecule has 1 saturated heterocycles. The number of hydrogen-bond acceptors (Lipinski definition) is 2. The first kappa shape index (κ1) is 14.8. The van der Waals surface area contributed by atoms with Crippen molar-refractivity contribution in [1.82, 2.24) is 4.90 Å². The van der Waals surface area contributed by atoms with Crippen LogP contribution in [0.15, 0.2) is 22.7 Å². The van der Waals surface area contributed by atoms with Crippen LogP contribution >= 0.6 is 27.5 Å². The number of benzene rings is 1. The van der Waals surface area contributed by atoms with E-state index in [0.717, 1.165) is 28.1 Å². The Labute approximate surface area is 126 Å². The fraction of sp³-hybridized carbons (Fsp3) is 0.500. The normalized spacial score (nSPS) is 24.4. The molecule has 2 rings (SSSR count). The van der Waals surface area contributed by atoms with Gasteiger partial charge in [-0.05, 0) is 44.0 Å². The Morgan fingerprint density at radius 3 is 2.89 bits per heavy atom. The molecule has 0 aromatic heterocycles. The van der Waals surface area contributed by atoms with Crippen molar-refractivity contribution in [3.8, 4) is 0 Å². The molecule has 1 aliphatic rings. The summed E-state index contributed by atoms with van der Waals surface area (Å²) in [7, 11) is 0. The third-order valence-corrected chi connectivity index (χ3v) is 4.60. The highest BCUT2D eigenvalue weighted by molar-refractivity contribution is 9.10. The molecular weight excluding hydrogens is 330 g/mol. The quantitative estimate of drug-likeness (QED) is 0.905. The van der Waals surface area contributed by atoms with E-state index in [-0.39, 0.29) is 12.0 Å². The predicted molar refractivity (Wildman–Crippen MR) is 79.4 cm³/mol.